The lowest BCUT2D eigenvalue weighted by atomic mass is 10.3. The highest BCUT2D eigenvalue weighted by molar-refractivity contribution is 5.16. The third-order valence-electron chi connectivity index (χ3n) is 0.385. The lowest BCUT2D eigenvalue weighted by molar-refractivity contribution is 1.73. The van der Waals surface area contributed by atoms with Crippen LogP contribution in [-0.2, 0) is 0 Å². The van der Waals surface area contributed by atoms with E-state index in [2.05, 4.69) is 6.08 Å². The highest BCUT2D eigenvalue weighted by atomic mass is 13.7. The van der Waals surface area contributed by atoms with Gasteiger partial charge in [-0.15, -0.1) is 0 Å². The van der Waals surface area contributed by atoms with Crippen LogP contribution in [0.15, 0.2) is 18.2 Å². The van der Waals surface area contributed by atoms with Crippen LogP contribution < -0.4 is 0 Å². The molecule has 0 fully saturated rings. The van der Waals surface area contributed by atoms with Gasteiger partial charge in [-0.05, 0) is 0 Å². The van der Waals surface area contributed by atoms with Gasteiger partial charge in [-0.2, -0.15) is 0 Å². The summed E-state index contributed by atoms with van der Waals surface area (Å²) >= 11 is 0. The van der Waals surface area contributed by atoms with E-state index in [1.807, 2.05) is 18.2 Å². The zero-order valence-electron chi connectivity index (χ0n) is 2.23. The fraction of sp³-hybridized carbons (Fsp3) is 0. The number of hydrogen-bond acceptors (Lipinski definition) is 0. The molecule has 0 atom stereocenters. The fourth-order valence-corrected chi connectivity index (χ4v) is 0.0962. The summed E-state index contributed by atoms with van der Waals surface area (Å²) in [4.78, 5) is 0. The molecule has 1 aliphatic carbocycles. The summed E-state index contributed by atoms with van der Waals surface area (Å²) in [6.07, 6.45) is 8.50. The standard InChI is InChI=1S/C4H3/c1-2-4-3-1/h1-3H/q+1. The Morgan fingerprint density at radius 2 is 1.75 bits per heavy atom. The first-order valence-electron chi connectivity index (χ1n) is 1.24. The number of allylic oxidation sites excluding steroid dienone is 4. The molecule has 0 heteroatoms. The second-order valence-corrected chi connectivity index (χ2v) is 0.692. The van der Waals surface area contributed by atoms with E-state index < -0.39 is 0 Å². The van der Waals surface area contributed by atoms with E-state index in [4.69, 9.17) is 0 Å². The van der Waals surface area contributed by atoms with Crippen LogP contribution in [0.4, 0.5) is 0 Å². The molecule has 18 valence electrons. The Morgan fingerprint density at radius 1 is 1.50 bits per heavy atom. The van der Waals surface area contributed by atoms with Gasteiger partial charge in [0.1, 0.15) is 12.2 Å². The molecule has 0 N–H and O–H groups in total. The zero-order chi connectivity index (χ0) is 2.83. The summed E-state index contributed by atoms with van der Waals surface area (Å²) < 4.78 is 0. The van der Waals surface area contributed by atoms with Gasteiger partial charge in [-0.25, -0.2) is 0 Å². The first-order valence-corrected chi connectivity index (χ1v) is 1.24. The van der Waals surface area contributed by atoms with E-state index in [9.17, 15) is 0 Å². The normalized spacial score (nSPS) is 14.0. The molecule has 0 aromatic heterocycles. The van der Waals surface area contributed by atoms with Crippen molar-refractivity contribution in [1.29, 1.82) is 0 Å². The van der Waals surface area contributed by atoms with Crippen LogP contribution in [0, 0.1) is 6.08 Å². The smallest absolute Gasteiger partial charge is 0.0396 e. The molecule has 0 aromatic rings. The lowest BCUT2D eigenvalue weighted by Crippen LogP contribution is -1.57. The number of rotatable bonds is 0. The average Bonchev–Trinajstić information content (AvgIpc) is 0.722. The molecule has 0 nitrogen and oxygen atoms in total. The molecule has 0 amide bonds. The van der Waals surface area contributed by atoms with Gasteiger partial charge in [-0.1, -0.05) is 0 Å². The van der Waals surface area contributed by atoms with Gasteiger partial charge in [0.25, 0.3) is 0 Å². The minimum atomic E-state index is 1.88. The summed E-state index contributed by atoms with van der Waals surface area (Å²) in [6.45, 7) is 0. The SMILES string of the molecule is [C+]1=CC=C1. The van der Waals surface area contributed by atoms with Gasteiger partial charge in [0, 0.05) is 6.08 Å². The lowest BCUT2D eigenvalue weighted by Gasteiger charge is -1.63. The summed E-state index contributed by atoms with van der Waals surface area (Å²) in [7, 11) is 0. The van der Waals surface area contributed by atoms with Crippen LogP contribution in [0.2, 0.25) is 0 Å². The maximum Gasteiger partial charge on any atom is 0.103 e. The molecule has 4 heavy (non-hydrogen) atoms. The first kappa shape index (κ1) is 1.68. The van der Waals surface area contributed by atoms with E-state index in [0.29, 0.717) is 0 Å². The topological polar surface area (TPSA) is 0 Å². The zero-order valence-corrected chi connectivity index (χ0v) is 2.23. The Morgan fingerprint density at radius 3 is 1.75 bits per heavy atom. The highest BCUT2D eigenvalue weighted by Gasteiger charge is 1.78. The molecule has 0 aliphatic heterocycles. The highest BCUT2D eigenvalue weighted by Crippen LogP contribution is 1.85. The largest absolute Gasteiger partial charge is 0.103 e. The predicted octanol–water partition coefficient (Wildman–Crippen LogP) is 0.916. The molecular weight excluding hydrogens is 48.0 g/mol. The monoisotopic (exact) mass is 51.0 g/mol. The third-order valence-corrected chi connectivity index (χ3v) is 0.385. The predicted molar refractivity (Wildman–Crippen MR) is 17.0 cm³/mol. The molecule has 1 aliphatic rings. The molecular formula is C4H3+. The van der Waals surface area contributed by atoms with Crippen molar-refractivity contribution in [2.45, 2.75) is 0 Å². The van der Waals surface area contributed by atoms with Gasteiger partial charge in [0.2, 0.25) is 0 Å². The average molecular weight is 51.1 g/mol. The van der Waals surface area contributed by atoms with Crippen LogP contribution in [0.25, 0.3) is 0 Å². The summed E-state index contributed by atoms with van der Waals surface area (Å²) in [5.41, 5.74) is 0. The number of hydrogen-bond donors (Lipinski definition) is 0. The van der Waals surface area contributed by atoms with E-state index in [0.717, 1.165) is 0 Å². The van der Waals surface area contributed by atoms with Gasteiger partial charge < -0.3 is 0 Å². The van der Waals surface area contributed by atoms with Crippen LogP contribution in [0.1, 0.15) is 0 Å². The van der Waals surface area contributed by atoms with Crippen molar-refractivity contribution in [2.24, 2.45) is 0 Å². The van der Waals surface area contributed by atoms with Gasteiger partial charge in [-0.3, -0.25) is 0 Å². The fourth-order valence-electron chi connectivity index (χ4n) is 0.0962. The minimum Gasteiger partial charge on any atom is 0.0396 e. The Hall–Kier alpha value is -0.610. The van der Waals surface area contributed by atoms with Crippen LogP contribution >= 0.6 is 0 Å². The first-order chi connectivity index (χ1) is 2.00. The molecule has 0 unspecified atom stereocenters. The van der Waals surface area contributed by atoms with Crippen molar-refractivity contribution in [1.82, 2.24) is 0 Å². The van der Waals surface area contributed by atoms with Crippen molar-refractivity contribution in [2.75, 3.05) is 0 Å². The van der Waals surface area contributed by atoms with Crippen LogP contribution in [0.5, 0.6) is 0 Å². The second-order valence-electron chi connectivity index (χ2n) is 0.692. The quantitative estimate of drug-likeness (QED) is 0.359. The maximum absolute atomic E-state index is 2.81. The maximum atomic E-state index is 2.81. The van der Waals surface area contributed by atoms with Crippen molar-refractivity contribution >= 4 is 0 Å². The summed E-state index contributed by atoms with van der Waals surface area (Å²) in [6, 6.07) is 0. The summed E-state index contributed by atoms with van der Waals surface area (Å²) in [5, 5.41) is 0. The van der Waals surface area contributed by atoms with Crippen molar-refractivity contribution in [3.63, 3.8) is 0 Å². The molecule has 0 saturated carbocycles. The Balaban J connectivity index is 2.67. The third kappa shape index (κ3) is 0.0184. The van der Waals surface area contributed by atoms with E-state index in [1.54, 1.807) is 0 Å². The van der Waals surface area contributed by atoms with E-state index in [1.165, 1.54) is 0 Å². The Bertz CT molecular complexity index is 40.4. The van der Waals surface area contributed by atoms with Crippen molar-refractivity contribution in [3.8, 4) is 0 Å². The van der Waals surface area contributed by atoms with Gasteiger partial charge >= 0.3 is 0 Å². The molecule has 0 bridgehead atoms. The van der Waals surface area contributed by atoms with Gasteiger partial charge in [0.05, 0.1) is 6.08 Å². The van der Waals surface area contributed by atoms with Crippen LogP contribution in [-0.4, -0.2) is 0 Å². The van der Waals surface area contributed by atoms with Crippen molar-refractivity contribution < 1.29 is 0 Å². The summed E-state index contributed by atoms with van der Waals surface area (Å²) in [5.74, 6) is 0. The molecule has 0 spiro atoms. The van der Waals surface area contributed by atoms with E-state index >= 15 is 0 Å². The molecule has 0 heterocycles. The molecule has 1 rings (SSSR count). The molecule has 0 saturated heterocycles. The van der Waals surface area contributed by atoms with Crippen molar-refractivity contribution in [3.05, 3.63) is 24.3 Å². The second kappa shape index (κ2) is 0.402. The Labute approximate surface area is 25.4 Å². The van der Waals surface area contributed by atoms with Gasteiger partial charge in [0.15, 0.2) is 0 Å². The Kier molecular flexibility index (Phi) is 0.169. The van der Waals surface area contributed by atoms with Crippen LogP contribution in [0.3, 0.4) is 0 Å². The molecule has 0 aromatic carbocycles. The van der Waals surface area contributed by atoms with E-state index in [-0.39, 0.29) is 0 Å². The molecule has 0 radical (unpaired) electrons. The minimum absolute atomic E-state index is 1.88.